The highest BCUT2D eigenvalue weighted by Gasteiger charge is 2.29. The number of amides is 1. The molecule has 9 nitrogen and oxygen atoms in total. The first-order valence-corrected chi connectivity index (χ1v) is 12.3. The molecule has 1 aliphatic rings. The van der Waals surface area contributed by atoms with Gasteiger partial charge in [-0.1, -0.05) is 36.4 Å². The molecule has 166 valence electrons. The third kappa shape index (κ3) is 4.28. The minimum Gasteiger partial charge on any atom is -0.448 e. The average Bonchev–Trinajstić information content (AvgIpc) is 3.54. The number of nitrogens with one attached hydrogen (secondary N) is 2. The molecule has 0 saturated heterocycles. The summed E-state index contributed by atoms with van der Waals surface area (Å²) in [4.78, 5) is 21.2. The lowest BCUT2D eigenvalue weighted by Gasteiger charge is -2.20. The van der Waals surface area contributed by atoms with Crippen LogP contribution in [0, 0.1) is 0 Å². The van der Waals surface area contributed by atoms with E-state index in [4.69, 9.17) is 4.42 Å². The van der Waals surface area contributed by atoms with Crippen LogP contribution in [-0.4, -0.2) is 36.7 Å². The molecule has 2 N–H and O–H groups in total. The average molecular weight is 480 g/mol. The summed E-state index contributed by atoms with van der Waals surface area (Å²) < 4.78 is 34.8. The van der Waals surface area contributed by atoms with Gasteiger partial charge in [-0.3, -0.25) is 4.79 Å². The quantitative estimate of drug-likeness (QED) is 0.435. The van der Waals surface area contributed by atoms with Crippen molar-refractivity contribution in [3.8, 4) is 11.3 Å². The Labute approximate surface area is 193 Å². The van der Waals surface area contributed by atoms with Crippen molar-refractivity contribution in [1.29, 1.82) is 0 Å². The van der Waals surface area contributed by atoms with E-state index < -0.39 is 15.9 Å². The molecule has 1 unspecified atom stereocenters. The summed E-state index contributed by atoms with van der Waals surface area (Å²) in [5, 5.41) is 7.38. The number of oxazole rings is 1. The van der Waals surface area contributed by atoms with Gasteiger partial charge in [0.1, 0.15) is 11.2 Å². The maximum Gasteiger partial charge on any atom is 0.287 e. The molecule has 0 fully saturated rings. The highest BCUT2D eigenvalue weighted by molar-refractivity contribution is 7.90. The highest BCUT2D eigenvalue weighted by atomic mass is 32.2. The van der Waals surface area contributed by atoms with Crippen LogP contribution in [0.3, 0.4) is 0 Å². The molecule has 11 heteroatoms. The van der Waals surface area contributed by atoms with E-state index in [2.05, 4.69) is 25.0 Å². The molecule has 5 rings (SSSR count). The number of sulfonamides is 1. The van der Waals surface area contributed by atoms with Crippen molar-refractivity contribution >= 4 is 38.8 Å². The van der Waals surface area contributed by atoms with Gasteiger partial charge < -0.3 is 15.1 Å². The summed E-state index contributed by atoms with van der Waals surface area (Å²) in [5.41, 5.74) is 4.17. The Bertz CT molecular complexity index is 1420. The van der Waals surface area contributed by atoms with Crippen molar-refractivity contribution in [2.24, 2.45) is 4.40 Å². The molecule has 4 aromatic rings. The Hall–Kier alpha value is -3.83. The smallest absolute Gasteiger partial charge is 0.287 e. The van der Waals surface area contributed by atoms with Crippen molar-refractivity contribution in [1.82, 2.24) is 15.3 Å². The van der Waals surface area contributed by atoms with Gasteiger partial charge >= 0.3 is 0 Å². The zero-order valence-corrected chi connectivity index (χ0v) is 18.6. The molecule has 0 bridgehead atoms. The standard InChI is InChI=1S/C22H17N5O4S2/c28-21(24-11-16(22-23-8-9-31-22)14-4-2-1-3-5-14)20-26-17-7-6-15(18-12-32-13-25-18)10-19(17)33(29,30)27-20/h1-10,12-13,16H,11H2,(H,24,28)(H,26,27). The zero-order valence-electron chi connectivity index (χ0n) is 17.0. The van der Waals surface area contributed by atoms with Gasteiger partial charge in [-0.15, -0.1) is 15.7 Å². The number of carbonyl (C=O) groups is 1. The maximum atomic E-state index is 12.8. The Balaban J connectivity index is 1.37. The number of thiazole rings is 1. The highest BCUT2D eigenvalue weighted by Crippen LogP contribution is 2.32. The molecule has 3 heterocycles. The van der Waals surface area contributed by atoms with Crippen molar-refractivity contribution in [2.75, 3.05) is 11.9 Å². The van der Waals surface area contributed by atoms with Gasteiger partial charge in [0.15, 0.2) is 0 Å². The third-order valence-electron chi connectivity index (χ3n) is 5.09. The topological polar surface area (TPSA) is 127 Å². The van der Waals surface area contributed by atoms with E-state index in [0.29, 0.717) is 17.1 Å². The fourth-order valence-electron chi connectivity index (χ4n) is 3.49. The van der Waals surface area contributed by atoms with Crippen LogP contribution in [0.5, 0.6) is 0 Å². The van der Waals surface area contributed by atoms with Crippen molar-refractivity contribution in [2.45, 2.75) is 10.8 Å². The first kappa shape index (κ1) is 21.0. The minimum absolute atomic E-state index is 0.00787. The number of benzene rings is 2. The minimum atomic E-state index is -4.07. The van der Waals surface area contributed by atoms with E-state index in [1.807, 2.05) is 35.7 Å². The van der Waals surface area contributed by atoms with Crippen LogP contribution in [0.2, 0.25) is 0 Å². The van der Waals surface area contributed by atoms with E-state index >= 15 is 0 Å². The Kier molecular flexibility index (Phi) is 5.48. The van der Waals surface area contributed by atoms with E-state index in [1.165, 1.54) is 29.9 Å². The normalized spacial score (nSPS) is 15.1. The molecular weight excluding hydrogens is 462 g/mol. The number of aromatic nitrogens is 2. The second-order valence-corrected chi connectivity index (χ2v) is 9.46. The second-order valence-electron chi connectivity index (χ2n) is 7.17. The molecule has 1 atom stereocenters. The van der Waals surface area contributed by atoms with E-state index in [1.54, 1.807) is 17.6 Å². The Morgan fingerprint density at radius 2 is 2.00 bits per heavy atom. The van der Waals surface area contributed by atoms with Crippen LogP contribution < -0.4 is 10.6 Å². The lowest BCUT2D eigenvalue weighted by Crippen LogP contribution is -2.40. The SMILES string of the molecule is O=C(NCC(c1ccccc1)c1ncco1)C1=NS(=O)(=O)c2cc(-c3cscn3)ccc2N1. The van der Waals surface area contributed by atoms with Crippen LogP contribution in [-0.2, 0) is 14.8 Å². The summed E-state index contributed by atoms with van der Waals surface area (Å²) in [5.74, 6) is -0.866. The van der Waals surface area contributed by atoms with Gasteiger partial charge in [-0.2, -0.15) is 8.42 Å². The van der Waals surface area contributed by atoms with Crippen LogP contribution in [0.4, 0.5) is 5.69 Å². The molecule has 0 spiro atoms. The number of nitrogens with zero attached hydrogens (tertiary/aromatic N) is 3. The molecule has 2 aromatic heterocycles. The van der Waals surface area contributed by atoms with E-state index in [9.17, 15) is 13.2 Å². The molecule has 1 amide bonds. The van der Waals surface area contributed by atoms with E-state index in [-0.39, 0.29) is 28.9 Å². The molecule has 0 aliphatic carbocycles. The predicted octanol–water partition coefficient (Wildman–Crippen LogP) is 3.26. The summed E-state index contributed by atoms with van der Waals surface area (Å²) in [6, 6.07) is 14.3. The third-order valence-corrected chi connectivity index (χ3v) is 6.99. The predicted molar refractivity (Wildman–Crippen MR) is 124 cm³/mol. The van der Waals surface area contributed by atoms with Crippen LogP contribution in [0.15, 0.2) is 85.6 Å². The Morgan fingerprint density at radius 3 is 2.73 bits per heavy atom. The molecule has 0 radical (unpaired) electrons. The van der Waals surface area contributed by atoms with Crippen molar-refractivity contribution in [3.63, 3.8) is 0 Å². The number of amidine groups is 1. The molecule has 1 aliphatic heterocycles. The summed E-state index contributed by atoms with van der Waals surface area (Å²) >= 11 is 1.41. The molecule has 2 aromatic carbocycles. The number of hydrogen-bond donors (Lipinski definition) is 2. The summed E-state index contributed by atoms with van der Waals surface area (Å²) in [6.45, 7) is 0.139. The molecule has 33 heavy (non-hydrogen) atoms. The van der Waals surface area contributed by atoms with Crippen LogP contribution >= 0.6 is 11.3 Å². The second kappa shape index (κ2) is 8.60. The van der Waals surface area contributed by atoms with Gasteiger partial charge in [0.05, 0.1) is 29.0 Å². The number of carbonyl (C=O) groups excluding carboxylic acids is 1. The lowest BCUT2D eigenvalue weighted by atomic mass is 9.99. The monoisotopic (exact) mass is 479 g/mol. The fourth-order valence-corrected chi connectivity index (χ4v) is 5.19. The summed E-state index contributed by atoms with van der Waals surface area (Å²) in [6.07, 6.45) is 2.99. The van der Waals surface area contributed by atoms with Gasteiger partial charge in [0.25, 0.3) is 15.9 Å². The van der Waals surface area contributed by atoms with Crippen LogP contribution in [0.25, 0.3) is 11.3 Å². The number of anilines is 1. The zero-order chi connectivity index (χ0) is 22.8. The Morgan fingerprint density at radius 1 is 1.15 bits per heavy atom. The van der Waals surface area contributed by atoms with Gasteiger partial charge in [-0.05, 0) is 17.7 Å². The van der Waals surface area contributed by atoms with Gasteiger partial charge in [0, 0.05) is 17.5 Å². The first-order chi connectivity index (χ1) is 16.0. The number of rotatable bonds is 6. The maximum absolute atomic E-state index is 12.8. The lowest BCUT2D eigenvalue weighted by molar-refractivity contribution is -0.114. The first-order valence-electron chi connectivity index (χ1n) is 9.88. The largest absolute Gasteiger partial charge is 0.448 e. The fraction of sp³-hybridized carbons (Fsp3) is 0.0909. The summed E-state index contributed by atoms with van der Waals surface area (Å²) in [7, 11) is -4.07. The van der Waals surface area contributed by atoms with Gasteiger partial charge in [0.2, 0.25) is 11.7 Å². The molecule has 0 saturated carbocycles. The molecular formula is C22H17N5O4S2. The van der Waals surface area contributed by atoms with Gasteiger partial charge in [-0.25, -0.2) is 9.97 Å². The van der Waals surface area contributed by atoms with E-state index in [0.717, 1.165) is 5.56 Å². The number of fused-ring (bicyclic) bond motifs is 1. The van der Waals surface area contributed by atoms with Crippen molar-refractivity contribution in [3.05, 3.63) is 83.3 Å². The number of hydrogen-bond acceptors (Lipinski definition) is 8. The van der Waals surface area contributed by atoms with Crippen molar-refractivity contribution < 1.29 is 17.6 Å². The van der Waals surface area contributed by atoms with Crippen LogP contribution in [0.1, 0.15) is 17.4 Å².